The van der Waals surface area contributed by atoms with Crippen LogP contribution in [0.5, 0.6) is 0 Å². The van der Waals surface area contributed by atoms with E-state index >= 15 is 0 Å². The summed E-state index contributed by atoms with van der Waals surface area (Å²) in [5.41, 5.74) is -0.0543. The van der Waals surface area contributed by atoms with Crippen molar-refractivity contribution in [1.82, 2.24) is 10.2 Å². The van der Waals surface area contributed by atoms with Gasteiger partial charge in [0.2, 0.25) is 0 Å². The Kier molecular flexibility index (Phi) is 4.28. The highest BCUT2D eigenvalue weighted by atomic mass is 32.1. The highest BCUT2D eigenvalue weighted by Gasteiger charge is 2.35. The van der Waals surface area contributed by atoms with Crippen LogP contribution in [0.2, 0.25) is 0 Å². The monoisotopic (exact) mass is 282 g/mol. The normalized spacial score (nSPS) is 19.4. The van der Waals surface area contributed by atoms with Crippen molar-refractivity contribution in [3.05, 3.63) is 21.4 Å². The van der Waals surface area contributed by atoms with E-state index in [9.17, 15) is 9.90 Å². The molecule has 2 heterocycles. The molecule has 0 aliphatic carbocycles. The number of hydrogen-bond donors (Lipinski definition) is 2. The maximum absolute atomic E-state index is 11.9. The second-order valence-corrected chi connectivity index (χ2v) is 6.53. The molecule has 0 saturated carbocycles. The lowest BCUT2D eigenvalue weighted by Crippen LogP contribution is -2.40. The lowest BCUT2D eigenvalue weighted by molar-refractivity contribution is -0.0172. The van der Waals surface area contributed by atoms with Crippen molar-refractivity contribution < 1.29 is 9.90 Å². The van der Waals surface area contributed by atoms with Gasteiger partial charge in [-0.25, -0.2) is 0 Å². The van der Waals surface area contributed by atoms with Crippen LogP contribution in [0, 0.1) is 6.92 Å². The molecular weight excluding hydrogens is 260 g/mol. The minimum absolute atomic E-state index is 0.0426. The van der Waals surface area contributed by atoms with Crippen molar-refractivity contribution in [2.24, 2.45) is 0 Å². The molecule has 1 saturated heterocycles. The molecule has 1 aromatic heterocycles. The van der Waals surface area contributed by atoms with E-state index < -0.39 is 5.60 Å². The predicted molar refractivity (Wildman–Crippen MR) is 77.7 cm³/mol. The average molecular weight is 282 g/mol. The summed E-state index contributed by atoms with van der Waals surface area (Å²) in [5.74, 6) is -0.0426. The number of rotatable bonds is 3. The smallest absolute Gasteiger partial charge is 0.252 e. The molecule has 0 atom stereocenters. The lowest BCUT2D eigenvalue weighted by Gasteiger charge is -2.35. The Hall–Kier alpha value is -0.910. The highest BCUT2D eigenvalue weighted by molar-refractivity contribution is 7.12. The van der Waals surface area contributed by atoms with Crippen molar-refractivity contribution in [2.45, 2.75) is 32.3 Å². The van der Waals surface area contributed by atoms with E-state index in [1.165, 1.54) is 0 Å². The number of thiophene rings is 1. The second-order valence-electron chi connectivity index (χ2n) is 5.27. The van der Waals surface area contributed by atoms with E-state index in [1.54, 1.807) is 11.3 Å². The van der Waals surface area contributed by atoms with Gasteiger partial charge in [-0.1, -0.05) is 0 Å². The number of carbonyl (C=O) groups excluding carboxylic acids is 1. The topological polar surface area (TPSA) is 52.6 Å². The van der Waals surface area contributed by atoms with Gasteiger partial charge in [0.25, 0.3) is 5.91 Å². The number of piperidine rings is 1. The zero-order valence-electron chi connectivity index (χ0n) is 11.8. The largest absolute Gasteiger partial charge is 0.384 e. The van der Waals surface area contributed by atoms with E-state index in [0.717, 1.165) is 35.7 Å². The van der Waals surface area contributed by atoms with E-state index in [0.29, 0.717) is 12.1 Å². The molecule has 1 aliphatic heterocycles. The molecule has 0 aromatic carbocycles. The number of nitrogens with zero attached hydrogens (tertiary/aromatic N) is 1. The number of aliphatic hydroxyl groups is 1. The maximum Gasteiger partial charge on any atom is 0.252 e. The quantitative estimate of drug-likeness (QED) is 0.887. The van der Waals surface area contributed by atoms with Crippen molar-refractivity contribution in [2.75, 3.05) is 26.7 Å². The molecule has 0 unspecified atom stereocenters. The Labute approximate surface area is 118 Å². The molecule has 0 radical (unpaired) electrons. The standard InChI is InChI=1S/C14H22N2O2S/c1-4-15-13(17)11-9-12(19-10(11)2)14(18)5-7-16(3)8-6-14/h9,18H,4-8H2,1-3H3,(H,15,17). The van der Waals surface area contributed by atoms with Gasteiger partial charge in [0, 0.05) is 29.4 Å². The van der Waals surface area contributed by atoms with Crippen LogP contribution in [-0.2, 0) is 5.60 Å². The Balaban J connectivity index is 2.22. The minimum atomic E-state index is -0.757. The first kappa shape index (κ1) is 14.5. The number of hydrogen-bond acceptors (Lipinski definition) is 4. The third-order valence-corrected chi connectivity index (χ3v) is 5.02. The van der Waals surface area contributed by atoms with Crippen LogP contribution in [0.1, 0.15) is 39.9 Å². The van der Waals surface area contributed by atoms with Gasteiger partial charge in [-0.3, -0.25) is 4.79 Å². The summed E-state index contributed by atoms with van der Waals surface area (Å²) in [6.07, 6.45) is 1.47. The summed E-state index contributed by atoms with van der Waals surface area (Å²) < 4.78 is 0. The molecule has 5 heteroatoms. The number of nitrogens with one attached hydrogen (secondary N) is 1. The van der Waals surface area contributed by atoms with Crippen molar-refractivity contribution in [3.8, 4) is 0 Å². The molecule has 0 spiro atoms. The molecule has 1 aliphatic rings. The molecule has 1 aromatic rings. The van der Waals surface area contributed by atoms with E-state index in [2.05, 4.69) is 17.3 Å². The van der Waals surface area contributed by atoms with Crippen LogP contribution < -0.4 is 5.32 Å². The molecule has 19 heavy (non-hydrogen) atoms. The van der Waals surface area contributed by atoms with Gasteiger partial charge < -0.3 is 15.3 Å². The summed E-state index contributed by atoms with van der Waals surface area (Å²) in [6.45, 7) is 6.26. The minimum Gasteiger partial charge on any atom is -0.384 e. The summed E-state index contributed by atoms with van der Waals surface area (Å²) in [5, 5.41) is 13.6. The molecule has 2 N–H and O–H groups in total. The van der Waals surface area contributed by atoms with Crippen molar-refractivity contribution in [1.29, 1.82) is 0 Å². The molecular formula is C14H22N2O2S. The first-order valence-corrected chi connectivity index (χ1v) is 7.58. The van der Waals surface area contributed by atoms with Crippen LogP contribution >= 0.6 is 11.3 Å². The molecule has 0 bridgehead atoms. The molecule has 2 rings (SSSR count). The van der Waals surface area contributed by atoms with Crippen LogP contribution in [0.15, 0.2) is 6.07 Å². The molecule has 4 nitrogen and oxygen atoms in total. The molecule has 1 amide bonds. The third-order valence-electron chi connectivity index (χ3n) is 3.77. The number of amides is 1. The van der Waals surface area contributed by atoms with Crippen LogP contribution in [0.3, 0.4) is 0 Å². The SMILES string of the molecule is CCNC(=O)c1cc(C2(O)CCN(C)CC2)sc1C. The van der Waals surface area contributed by atoms with Gasteiger partial charge in [-0.05, 0) is 39.8 Å². The fraction of sp³-hybridized carbons (Fsp3) is 0.643. The Morgan fingerprint density at radius 1 is 1.53 bits per heavy atom. The number of likely N-dealkylation sites (tertiary alicyclic amines) is 1. The Morgan fingerprint density at radius 2 is 2.16 bits per heavy atom. The van der Waals surface area contributed by atoms with Gasteiger partial charge in [-0.2, -0.15) is 0 Å². The summed E-state index contributed by atoms with van der Waals surface area (Å²) in [7, 11) is 2.07. The summed E-state index contributed by atoms with van der Waals surface area (Å²) in [6, 6.07) is 1.87. The number of aryl methyl sites for hydroxylation is 1. The molecule has 106 valence electrons. The zero-order chi connectivity index (χ0) is 14.0. The van der Waals surface area contributed by atoms with E-state index in [-0.39, 0.29) is 5.91 Å². The van der Waals surface area contributed by atoms with E-state index in [1.807, 2.05) is 19.9 Å². The third kappa shape index (κ3) is 2.99. The zero-order valence-corrected chi connectivity index (χ0v) is 12.6. The fourth-order valence-corrected chi connectivity index (χ4v) is 3.59. The van der Waals surface area contributed by atoms with Crippen LogP contribution in [0.4, 0.5) is 0 Å². The maximum atomic E-state index is 11.9. The molecule has 1 fully saturated rings. The van der Waals surface area contributed by atoms with Crippen molar-refractivity contribution in [3.63, 3.8) is 0 Å². The van der Waals surface area contributed by atoms with Crippen molar-refractivity contribution >= 4 is 17.2 Å². The van der Waals surface area contributed by atoms with Crippen LogP contribution in [-0.4, -0.2) is 42.6 Å². The highest BCUT2D eigenvalue weighted by Crippen LogP contribution is 2.38. The first-order valence-electron chi connectivity index (χ1n) is 6.76. The predicted octanol–water partition coefficient (Wildman–Crippen LogP) is 1.72. The van der Waals surface area contributed by atoms with Gasteiger partial charge in [-0.15, -0.1) is 11.3 Å². The first-order chi connectivity index (χ1) is 8.96. The average Bonchev–Trinajstić information content (AvgIpc) is 2.76. The Bertz CT molecular complexity index is 462. The number of carbonyl (C=O) groups is 1. The van der Waals surface area contributed by atoms with Gasteiger partial charge in [0.05, 0.1) is 5.56 Å². The van der Waals surface area contributed by atoms with Gasteiger partial charge >= 0.3 is 0 Å². The summed E-state index contributed by atoms with van der Waals surface area (Å²) in [4.78, 5) is 16.1. The van der Waals surface area contributed by atoms with Gasteiger partial charge in [0.15, 0.2) is 0 Å². The van der Waals surface area contributed by atoms with Gasteiger partial charge in [0.1, 0.15) is 5.60 Å². The second kappa shape index (κ2) is 5.61. The lowest BCUT2D eigenvalue weighted by atomic mass is 9.89. The fourth-order valence-electron chi connectivity index (χ4n) is 2.43. The summed E-state index contributed by atoms with van der Waals surface area (Å²) >= 11 is 1.55. The Morgan fingerprint density at radius 3 is 2.74 bits per heavy atom. The van der Waals surface area contributed by atoms with E-state index in [4.69, 9.17) is 0 Å². The van der Waals surface area contributed by atoms with Crippen LogP contribution in [0.25, 0.3) is 0 Å².